The van der Waals surface area contributed by atoms with Crippen molar-refractivity contribution >= 4 is 50.1 Å². The van der Waals surface area contributed by atoms with E-state index in [1.807, 2.05) is 49.7 Å². The Hall–Kier alpha value is -7.23. The molecule has 0 atom stereocenters. The Bertz CT molecular complexity index is 2840. The number of aromatic nitrogens is 1. The predicted octanol–water partition coefficient (Wildman–Crippen LogP) is 13.5. The van der Waals surface area contributed by atoms with Gasteiger partial charge >= 0.3 is 0 Å². The first kappa shape index (κ1) is 33.6. The van der Waals surface area contributed by atoms with Gasteiger partial charge in [0.1, 0.15) is 0 Å². The fourth-order valence-corrected chi connectivity index (χ4v) is 7.60. The van der Waals surface area contributed by atoms with Gasteiger partial charge in [-0.15, -0.1) is 0 Å². The van der Waals surface area contributed by atoms with E-state index in [4.69, 9.17) is 9.98 Å². The zero-order valence-corrected chi connectivity index (χ0v) is 30.5. The Kier molecular flexibility index (Phi) is 9.17. The molecule has 0 spiro atoms. The molecule has 3 heteroatoms. The third-order valence-corrected chi connectivity index (χ3v) is 10.2. The molecule has 0 unspecified atom stereocenters. The second-order valence-electron chi connectivity index (χ2n) is 13.5. The maximum Gasteiger partial charge on any atom is 0.159 e. The molecule has 0 bridgehead atoms. The first-order valence-electron chi connectivity index (χ1n) is 18.6. The van der Waals surface area contributed by atoms with Crippen LogP contribution in [0.5, 0.6) is 0 Å². The van der Waals surface area contributed by atoms with Gasteiger partial charge in [-0.1, -0.05) is 176 Å². The summed E-state index contributed by atoms with van der Waals surface area (Å²) in [6, 6.07) is 64.3. The van der Waals surface area contributed by atoms with Crippen molar-refractivity contribution in [1.82, 2.24) is 4.98 Å². The van der Waals surface area contributed by atoms with Crippen LogP contribution in [0.2, 0.25) is 0 Å². The molecule has 9 aromatic rings. The van der Waals surface area contributed by atoms with E-state index in [2.05, 4.69) is 163 Å². The molecule has 0 aliphatic carbocycles. The molecule has 1 aromatic heterocycles. The highest BCUT2D eigenvalue weighted by Gasteiger charge is 2.18. The van der Waals surface area contributed by atoms with Crippen molar-refractivity contribution in [3.05, 3.63) is 217 Å². The molecular weight excluding hydrogens is 667 g/mol. The Labute approximate surface area is 321 Å². The molecular formula is C52H37N3. The highest BCUT2D eigenvalue weighted by atomic mass is 14.9. The fraction of sp³-hybridized carbons (Fsp3) is 0.0192. The van der Waals surface area contributed by atoms with Gasteiger partial charge in [-0.25, -0.2) is 9.98 Å². The van der Waals surface area contributed by atoms with E-state index in [0.717, 1.165) is 39.1 Å². The van der Waals surface area contributed by atoms with Crippen LogP contribution in [-0.2, 0) is 0 Å². The number of allylic oxidation sites excluding steroid dienone is 1. The van der Waals surface area contributed by atoms with E-state index in [1.165, 1.54) is 49.0 Å². The summed E-state index contributed by atoms with van der Waals surface area (Å²) in [6.45, 7) is 2.02. The largest absolute Gasteiger partial charge is 0.264 e. The molecule has 9 rings (SSSR count). The number of aliphatic imine (C=N–C) groups is 2. The van der Waals surface area contributed by atoms with Crippen molar-refractivity contribution in [3.8, 4) is 33.4 Å². The van der Waals surface area contributed by atoms with Gasteiger partial charge in [-0.3, -0.25) is 4.98 Å². The van der Waals surface area contributed by atoms with Crippen molar-refractivity contribution in [2.45, 2.75) is 6.92 Å². The van der Waals surface area contributed by atoms with Crippen LogP contribution < -0.4 is 0 Å². The number of pyridine rings is 1. The molecule has 0 aliphatic heterocycles. The molecule has 3 nitrogen and oxygen atoms in total. The Morgan fingerprint density at radius 1 is 0.491 bits per heavy atom. The number of hydrogen-bond donors (Lipinski definition) is 0. The molecule has 0 fully saturated rings. The summed E-state index contributed by atoms with van der Waals surface area (Å²) < 4.78 is 0. The predicted molar refractivity (Wildman–Crippen MR) is 234 cm³/mol. The zero-order chi connectivity index (χ0) is 37.0. The van der Waals surface area contributed by atoms with Crippen LogP contribution in [0.4, 0.5) is 0 Å². The monoisotopic (exact) mass is 703 g/mol. The quantitative estimate of drug-likeness (QED) is 0.0925. The molecule has 1 heterocycles. The molecule has 0 saturated heterocycles. The molecule has 55 heavy (non-hydrogen) atoms. The molecule has 0 radical (unpaired) electrons. The van der Waals surface area contributed by atoms with E-state index in [1.54, 1.807) is 6.20 Å². The van der Waals surface area contributed by atoms with E-state index in [0.29, 0.717) is 5.84 Å². The average molecular weight is 704 g/mol. The lowest BCUT2D eigenvalue weighted by Gasteiger charge is -2.19. The fourth-order valence-electron chi connectivity index (χ4n) is 7.60. The maximum atomic E-state index is 5.23. The van der Waals surface area contributed by atoms with Gasteiger partial charge in [0.05, 0.1) is 5.70 Å². The normalized spacial score (nSPS) is 12.2. The first-order valence-corrected chi connectivity index (χ1v) is 18.6. The summed E-state index contributed by atoms with van der Waals surface area (Å²) in [6.07, 6.45) is 7.62. The number of nitrogens with zero attached hydrogens (tertiary/aromatic N) is 3. The topological polar surface area (TPSA) is 37.6 Å². The van der Waals surface area contributed by atoms with Crippen molar-refractivity contribution in [2.24, 2.45) is 9.98 Å². The molecule has 8 aromatic carbocycles. The summed E-state index contributed by atoms with van der Waals surface area (Å²) in [5, 5.41) is 7.34. The minimum Gasteiger partial charge on any atom is -0.264 e. The van der Waals surface area contributed by atoms with Crippen molar-refractivity contribution in [3.63, 3.8) is 0 Å². The van der Waals surface area contributed by atoms with Crippen molar-refractivity contribution < 1.29 is 0 Å². The molecule has 0 amide bonds. The Balaban J connectivity index is 1.20. The molecule has 0 saturated carbocycles. The highest BCUT2D eigenvalue weighted by Crippen LogP contribution is 2.45. The van der Waals surface area contributed by atoms with Crippen LogP contribution in [0.1, 0.15) is 23.6 Å². The number of amidine groups is 1. The summed E-state index contributed by atoms with van der Waals surface area (Å²) in [5.74, 6) is 0.635. The highest BCUT2D eigenvalue weighted by molar-refractivity contribution is 6.23. The van der Waals surface area contributed by atoms with Crippen LogP contribution in [0.15, 0.2) is 210 Å². The van der Waals surface area contributed by atoms with Gasteiger partial charge in [-0.05, 0) is 95.9 Å². The van der Waals surface area contributed by atoms with E-state index in [-0.39, 0.29) is 0 Å². The second-order valence-corrected chi connectivity index (χ2v) is 13.5. The van der Waals surface area contributed by atoms with Gasteiger partial charge < -0.3 is 0 Å². The van der Waals surface area contributed by atoms with E-state index in [9.17, 15) is 0 Å². The van der Waals surface area contributed by atoms with Gasteiger partial charge in [0.2, 0.25) is 0 Å². The molecule has 0 N–H and O–H groups in total. The Morgan fingerprint density at radius 2 is 1.09 bits per heavy atom. The van der Waals surface area contributed by atoms with Crippen LogP contribution in [0, 0.1) is 0 Å². The number of hydrogen-bond acceptors (Lipinski definition) is 2. The van der Waals surface area contributed by atoms with Crippen molar-refractivity contribution in [2.75, 3.05) is 0 Å². The average Bonchev–Trinajstić information content (AvgIpc) is 3.26. The Morgan fingerprint density at radius 3 is 1.78 bits per heavy atom. The first-order chi connectivity index (χ1) is 27.2. The van der Waals surface area contributed by atoms with Crippen molar-refractivity contribution in [1.29, 1.82) is 0 Å². The van der Waals surface area contributed by atoms with Crippen LogP contribution in [0.25, 0.3) is 71.4 Å². The lowest BCUT2D eigenvalue weighted by Crippen LogP contribution is -2.01. The minimum absolute atomic E-state index is 0.635. The standard InChI is InChI=1S/C52H37N3/c1-2-49(39-16-4-3-5-17-39)55-52(54-34-36-28-30-37(31-29-36)42-21-14-32-53-35-42)41-20-12-19-40(33-41)50-45-23-8-10-25-47(45)51(48-26-11-9-24-46(48)50)44-27-13-18-38-15-6-7-22-43(38)44/h2-35H,1H3/b49-2-,54-34+,55-52-. The smallest absolute Gasteiger partial charge is 0.159 e. The third-order valence-electron chi connectivity index (χ3n) is 10.2. The van der Waals surface area contributed by atoms with E-state index < -0.39 is 0 Å². The molecule has 260 valence electrons. The van der Waals surface area contributed by atoms with Crippen LogP contribution in [0.3, 0.4) is 0 Å². The van der Waals surface area contributed by atoms with Gasteiger partial charge in [-0.2, -0.15) is 0 Å². The summed E-state index contributed by atoms with van der Waals surface area (Å²) >= 11 is 0. The summed E-state index contributed by atoms with van der Waals surface area (Å²) in [5.41, 5.74) is 10.8. The lowest BCUT2D eigenvalue weighted by molar-refractivity contribution is 1.33. The van der Waals surface area contributed by atoms with Gasteiger partial charge in [0.25, 0.3) is 0 Å². The minimum atomic E-state index is 0.635. The van der Waals surface area contributed by atoms with E-state index >= 15 is 0 Å². The SMILES string of the molecule is C\C=C(/N=C(\N=C\c1ccc(-c2cccnc2)cc1)c1cccc(-c2c3ccccc3c(-c3cccc4ccccc34)c3ccccc23)c1)c1ccccc1. The zero-order valence-electron chi connectivity index (χ0n) is 30.5. The third kappa shape index (κ3) is 6.65. The molecule has 0 aliphatic rings. The van der Waals surface area contributed by atoms with Gasteiger partial charge in [0, 0.05) is 24.2 Å². The second kappa shape index (κ2) is 15.0. The van der Waals surface area contributed by atoms with Gasteiger partial charge in [0.15, 0.2) is 5.84 Å². The number of fused-ring (bicyclic) bond motifs is 3. The van der Waals surface area contributed by atoms with Crippen LogP contribution in [-0.4, -0.2) is 17.0 Å². The van der Waals surface area contributed by atoms with Crippen LogP contribution >= 0.6 is 0 Å². The number of rotatable bonds is 7. The lowest BCUT2D eigenvalue weighted by atomic mass is 9.84. The number of benzene rings is 8. The summed E-state index contributed by atoms with van der Waals surface area (Å²) in [4.78, 5) is 14.6. The summed E-state index contributed by atoms with van der Waals surface area (Å²) in [7, 11) is 0. The maximum absolute atomic E-state index is 5.23.